The van der Waals surface area contributed by atoms with Crippen LogP contribution < -0.4 is 5.73 Å². The number of phenolic OH excluding ortho intramolecular Hbond substituents is 1. The Balaban J connectivity index is 0.00000225. The minimum absolute atomic E-state index is 0. The van der Waals surface area contributed by atoms with Crippen molar-refractivity contribution in [1.82, 2.24) is 0 Å². The minimum atomic E-state index is -0.119. The number of phenols is 1. The number of allylic oxidation sites excluding steroid dienone is 1. The van der Waals surface area contributed by atoms with Crippen LogP contribution in [0.1, 0.15) is 24.4 Å². The highest BCUT2D eigenvalue weighted by molar-refractivity contribution is 14.1. The molecule has 0 aliphatic carbocycles. The van der Waals surface area contributed by atoms with E-state index in [-0.39, 0.29) is 18.4 Å². The first-order valence-corrected chi connectivity index (χ1v) is 6.76. The second kappa shape index (κ2) is 7.73. The van der Waals surface area contributed by atoms with Gasteiger partial charge in [-0.05, 0) is 70.2 Å². The molecule has 0 aromatic heterocycles. The number of hydrogen-bond donors (Lipinski definition) is 2. The second-order valence-electron chi connectivity index (χ2n) is 3.30. The zero-order valence-electron chi connectivity index (χ0n) is 8.62. The Kier molecular flexibility index (Phi) is 7.96. The van der Waals surface area contributed by atoms with Gasteiger partial charge in [-0.2, -0.15) is 0 Å². The van der Waals surface area contributed by atoms with Crippen molar-refractivity contribution in [3.63, 3.8) is 0 Å². The van der Waals surface area contributed by atoms with Gasteiger partial charge in [0, 0.05) is 15.2 Å². The highest BCUT2D eigenvalue weighted by Crippen LogP contribution is 2.32. The molecule has 90 valence electrons. The smallest absolute Gasteiger partial charge is 0.133 e. The molecule has 1 aromatic carbocycles. The molecule has 0 bridgehead atoms. The molecule has 0 fully saturated rings. The van der Waals surface area contributed by atoms with Crippen molar-refractivity contribution in [2.24, 2.45) is 5.73 Å². The largest absolute Gasteiger partial charge is 0.506 e. The van der Waals surface area contributed by atoms with Crippen LogP contribution in [0.15, 0.2) is 24.8 Å². The Morgan fingerprint density at radius 1 is 1.44 bits per heavy atom. The van der Waals surface area contributed by atoms with Crippen molar-refractivity contribution in [3.05, 3.63) is 37.5 Å². The van der Waals surface area contributed by atoms with Crippen LogP contribution in [0.4, 0.5) is 0 Å². The highest BCUT2D eigenvalue weighted by Gasteiger charge is 2.13. The van der Waals surface area contributed by atoms with E-state index >= 15 is 0 Å². The average Bonchev–Trinajstić information content (AvgIpc) is 2.19. The van der Waals surface area contributed by atoms with Gasteiger partial charge in [-0.25, -0.2) is 0 Å². The topological polar surface area (TPSA) is 46.2 Å². The lowest BCUT2D eigenvalue weighted by Crippen LogP contribution is -2.10. The van der Waals surface area contributed by atoms with Crippen LogP contribution in [-0.4, -0.2) is 5.11 Å². The summed E-state index contributed by atoms with van der Waals surface area (Å²) >= 11 is 4.34. The van der Waals surface area contributed by atoms with Crippen LogP contribution in [0.2, 0.25) is 0 Å². The van der Waals surface area contributed by atoms with E-state index in [1.807, 2.05) is 18.2 Å². The lowest BCUT2D eigenvalue weighted by Gasteiger charge is -2.14. The molecular weight excluding hydrogens is 451 g/mol. The maximum absolute atomic E-state index is 9.88. The molecule has 0 spiro atoms. The molecule has 5 heteroatoms. The first-order valence-electron chi connectivity index (χ1n) is 4.60. The van der Waals surface area contributed by atoms with E-state index in [0.717, 1.165) is 25.5 Å². The Hall–Kier alpha value is 0.470. The Labute approximate surface area is 129 Å². The number of hydrogen-bond acceptors (Lipinski definition) is 2. The summed E-state index contributed by atoms with van der Waals surface area (Å²) in [5.74, 6) is 0.313. The first-order chi connectivity index (χ1) is 7.06. The number of aromatic hydroxyl groups is 1. The van der Waals surface area contributed by atoms with Crippen LogP contribution in [-0.2, 0) is 0 Å². The summed E-state index contributed by atoms with van der Waals surface area (Å²) < 4.78 is 1.95. The van der Waals surface area contributed by atoms with E-state index < -0.39 is 0 Å². The van der Waals surface area contributed by atoms with Gasteiger partial charge in [0.2, 0.25) is 0 Å². The molecule has 1 atom stereocenters. The normalized spacial score (nSPS) is 11.7. The molecule has 1 aromatic rings. The van der Waals surface area contributed by atoms with Crippen LogP contribution in [0, 0.1) is 7.14 Å². The van der Waals surface area contributed by atoms with Crippen molar-refractivity contribution >= 4 is 57.6 Å². The van der Waals surface area contributed by atoms with Crippen molar-refractivity contribution in [3.8, 4) is 5.75 Å². The zero-order chi connectivity index (χ0) is 11.4. The molecule has 0 aliphatic rings. The summed E-state index contributed by atoms with van der Waals surface area (Å²) in [6.07, 6.45) is 3.52. The van der Waals surface area contributed by atoms with Gasteiger partial charge in [0.15, 0.2) is 0 Å². The Morgan fingerprint density at radius 3 is 2.62 bits per heavy atom. The molecule has 0 radical (unpaired) electrons. The predicted octanol–water partition coefficient (Wildman–Crippen LogP) is 3.99. The fraction of sp³-hybridized carbons (Fsp3) is 0.273. The zero-order valence-corrected chi connectivity index (χ0v) is 13.8. The van der Waals surface area contributed by atoms with Crippen molar-refractivity contribution in [2.75, 3.05) is 0 Å². The molecule has 0 saturated heterocycles. The summed E-state index contributed by atoms with van der Waals surface area (Å²) in [7, 11) is 0. The van der Waals surface area contributed by atoms with Gasteiger partial charge in [-0.1, -0.05) is 6.08 Å². The fourth-order valence-electron chi connectivity index (χ4n) is 1.32. The van der Waals surface area contributed by atoms with Gasteiger partial charge < -0.3 is 10.8 Å². The Morgan fingerprint density at radius 2 is 2.06 bits per heavy atom. The van der Waals surface area contributed by atoms with Gasteiger partial charge in [0.1, 0.15) is 5.75 Å². The molecule has 0 amide bonds. The summed E-state index contributed by atoms with van der Waals surface area (Å²) in [5.41, 5.74) is 6.83. The lowest BCUT2D eigenvalue weighted by molar-refractivity contribution is 0.455. The van der Waals surface area contributed by atoms with Crippen LogP contribution in [0.25, 0.3) is 0 Å². The third-order valence-electron chi connectivity index (χ3n) is 2.14. The van der Waals surface area contributed by atoms with Crippen LogP contribution >= 0.6 is 57.6 Å². The summed E-state index contributed by atoms with van der Waals surface area (Å²) in [6, 6.07) is 3.75. The quantitative estimate of drug-likeness (QED) is 0.522. The second-order valence-corrected chi connectivity index (χ2v) is 5.71. The van der Waals surface area contributed by atoms with E-state index in [1.54, 1.807) is 0 Å². The number of nitrogens with two attached hydrogens (primary N) is 1. The summed E-state index contributed by atoms with van der Waals surface area (Å²) in [6.45, 7) is 3.66. The molecule has 0 saturated carbocycles. The maximum atomic E-state index is 9.88. The lowest BCUT2D eigenvalue weighted by atomic mass is 10.0. The molecule has 0 aliphatic heterocycles. The minimum Gasteiger partial charge on any atom is -0.506 e. The molecule has 1 rings (SSSR count). The standard InChI is InChI=1S/C11H13I2NO.ClH/c1-2-3-4-10(14)8-5-7(12)6-9(13)11(8)15;/h2,5-6,10,15H,1,3-4,14H2;1H/t10-;/m0./s1. The van der Waals surface area contributed by atoms with Gasteiger partial charge in [0.25, 0.3) is 0 Å². The first kappa shape index (κ1) is 16.5. The van der Waals surface area contributed by atoms with Crippen molar-refractivity contribution in [2.45, 2.75) is 18.9 Å². The SMILES string of the molecule is C=CCC[C@H](N)c1cc(I)cc(I)c1O.Cl. The van der Waals surface area contributed by atoms with Crippen molar-refractivity contribution in [1.29, 1.82) is 0 Å². The maximum Gasteiger partial charge on any atom is 0.133 e. The van der Waals surface area contributed by atoms with E-state index in [2.05, 4.69) is 51.8 Å². The predicted molar refractivity (Wildman–Crippen MR) is 87.1 cm³/mol. The number of halogens is 3. The van der Waals surface area contributed by atoms with Crippen molar-refractivity contribution < 1.29 is 5.11 Å². The molecule has 3 N–H and O–H groups in total. The van der Waals surface area contributed by atoms with Gasteiger partial charge in [-0.3, -0.25) is 0 Å². The van der Waals surface area contributed by atoms with E-state index in [1.165, 1.54) is 0 Å². The Bertz CT molecular complexity index is 371. The number of benzene rings is 1. The molecule has 0 heterocycles. The van der Waals surface area contributed by atoms with Gasteiger partial charge in [-0.15, -0.1) is 19.0 Å². The molecular formula is C11H14ClI2NO. The van der Waals surface area contributed by atoms with Crippen LogP contribution in [0.3, 0.4) is 0 Å². The molecule has 16 heavy (non-hydrogen) atoms. The third kappa shape index (κ3) is 4.38. The van der Waals surface area contributed by atoms with Gasteiger partial charge >= 0.3 is 0 Å². The van der Waals surface area contributed by atoms with Gasteiger partial charge in [0.05, 0.1) is 3.57 Å². The number of rotatable bonds is 4. The van der Waals surface area contributed by atoms with E-state index in [4.69, 9.17) is 5.73 Å². The fourth-order valence-corrected chi connectivity index (χ4v) is 3.21. The molecule has 0 unspecified atom stereocenters. The van der Waals surface area contributed by atoms with E-state index in [0.29, 0.717) is 5.75 Å². The third-order valence-corrected chi connectivity index (χ3v) is 3.58. The van der Waals surface area contributed by atoms with Crippen LogP contribution in [0.5, 0.6) is 5.75 Å². The summed E-state index contributed by atoms with van der Waals surface area (Å²) in [4.78, 5) is 0. The van der Waals surface area contributed by atoms with E-state index in [9.17, 15) is 5.11 Å². The summed E-state index contributed by atoms with van der Waals surface area (Å²) in [5, 5.41) is 9.88. The monoisotopic (exact) mass is 465 g/mol. The highest BCUT2D eigenvalue weighted by atomic mass is 127. The average molecular weight is 466 g/mol. The molecule has 2 nitrogen and oxygen atoms in total.